The molecular weight excluding hydrogens is 182 g/mol. The predicted molar refractivity (Wildman–Crippen MR) is 65.0 cm³/mol. The fraction of sp³-hybridized carbons (Fsp3) is 0.571. The Kier molecular flexibility index (Phi) is 3.11. The largest absolute Gasteiger partial charge is 0.314 e. The third kappa shape index (κ3) is 1.81. The molecule has 1 heteroatoms. The van der Waals surface area contributed by atoms with Gasteiger partial charge in [-0.25, -0.2) is 0 Å². The molecule has 0 aromatic heterocycles. The van der Waals surface area contributed by atoms with Crippen LogP contribution in [0.5, 0.6) is 0 Å². The molecule has 1 aromatic carbocycles. The zero-order chi connectivity index (χ0) is 10.8. The smallest absolute Gasteiger partial charge is 0.0130 e. The minimum absolute atomic E-state index is 0.709. The molecule has 1 saturated carbocycles. The molecule has 82 valence electrons. The molecule has 2 atom stereocenters. The van der Waals surface area contributed by atoms with Gasteiger partial charge in [0.2, 0.25) is 0 Å². The lowest BCUT2D eigenvalue weighted by molar-refractivity contribution is 0.0982. The third-order valence-corrected chi connectivity index (χ3v) is 3.89. The van der Waals surface area contributed by atoms with E-state index >= 15 is 0 Å². The number of nitrogens with one attached hydrogen (secondary N) is 1. The van der Waals surface area contributed by atoms with Crippen molar-refractivity contribution >= 4 is 0 Å². The van der Waals surface area contributed by atoms with E-state index in [1.165, 1.54) is 5.56 Å². The summed E-state index contributed by atoms with van der Waals surface area (Å²) in [6.45, 7) is 8.01. The molecule has 1 fully saturated rings. The highest BCUT2D eigenvalue weighted by molar-refractivity contribution is 5.26. The molecule has 2 unspecified atom stereocenters. The van der Waals surface area contributed by atoms with Gasteiger partial charge < -0.3 is 5.32 Å². The summed E-state index contributed by atoms with van der Waals surface area (Å²) in [5.41, 5.74) is 1.51. The first-order valence-electron chi connectivity index (χ1n) is 6.04. The van der Waals surface area contributed by atoms with Crippen LogP contribution in [-0.4, -0.2) is 12.6 Å². The Labute approximate surface area is 92.9 Å². The van der Waals surface area contributed by atoms with Crippen molar-refractivity contribution in [3.05, 3.63) is 35.9 Å². The van der Waals surface area contributed by atoms with Gasteiger partial charge in [0.25, 0.3) is 0 Å². The van der Waals surface area contributed by atoms with Gasteiger partial charge in [0.1, 0.15) is 0 Å². The van der Waals surface area contributed by atoms with E-state index < -0.39 is 0 Å². The van der Waals surface area contributed by atoms with Crippen molar-refractivity contribution in [2.24, 2.45) is 11.8 Å². The van der Waals surface area contributed by atoms with Gasteiger partial charge in [-0.1, -0.05) is 51.1 Å². The van der Waals surface area contributed by atoms with Crippen molar-refractivity contribution in [1.29, 1.82) is 0 Å². The molecule has 0 saturated heterocycles. The van der Waals surface area contributed by atoms with E-state index in [9.17, 15) is 0 Å². The zero-order valence-corrected chi connectivity index (χ0v) is 9.90. The maximum Gasteiger partial charge on any atom is 0.0130 e. The summed E-state index contributed by atoms with van der Waals surface area (Å²) in [4.78, 5) is 0. The van der Waals surface area contributed by atoms with Gasteiger partial charge in [-0.05, 0) is 29.9 Å². The number of hydrogen-bond donors (Lipinski definition) is 1. The van der Waals surface area contributed by atoms with Crippen molar-refractivity contribution in [3.63, 3.8) is 0 Å². The van der Waals surface area contributed by atoms with Gasteiger partial charge in [0.15, 0.2) is 0 Å². The first-order valence-corrected chi connectivity index (χ1v) is 6.04. The minimum Gasteiger partial charge on any atom is -0.314 e. The Morgan fingerprint density at radius 1 is 1.07 bits per heavy atom. The van der Waals surface area contributed by atoms with Crippen molar-refractivity contribution in [2.45, 2.75) is 32.7 Å². The Morgan fingerprint density at radius 2 is 1.67 bits per heavy atom. The third-order valence-electron chi connectivity index (χ3n) is 3.89. The van der Waals surface area contributed by atoms with E-state index in [2.05, 4.69) is 56.4 Å². The molecule has 0 aliphatic heterocycles. The van der Waals surface area contributed by atoms with Crippen molar-refractivity contribution in [1.82, 2.24) is 5.32 Å². The van der Waals surface area contributed by atoms with Crippen LogP contribution in [0.1, 0.15) is 32.3 Å². The van der Waals surface area contributed by atoms with Crippen molar-refractivity contribution in [3.8, 4) is 0 Å². The first kappa shape index (κ1) is 10.7. The summed E-state index contributed by atoms with van der Waals surface area (Å²) in [5.74, 6) is 2.28. The van der Waals surface area contributed by atoms with Crippen molar-refractivity contribution < 1.29 is 0 Å². The van der Waals surface area contributed by atoms with Crippen LogP contribution in [-0.2, 0) is 0 Å². The van der Waals surface area contributed by atoms with Crippen LogP contribution in [0.2, 0.25) is 0 Å². The van der Waals surface area contributed by atoms with Crippen molar-refractivity contribution in [2.75, 3.05) is 6.54 Å². The Bertz CT molecular complexity index is 296. The average Bonchev–Trinajstić information content (AvgIpc) is 2.28. The monoisotopic (exact) mass is 203 g/mol. The average molecular weight is 203 g/mol. The van der Waals surface area contributed by atoms with Crippen LogP contribution in [0, 0.1) is 11.8 Å². The summed E-state index contributed by atoms with van der Waals surface area (Å²) < 4.78 is 0. The lowest BCUT2D eigenvalue weighted by atomic mass is 9.59. The number of rotatable bonds is 3. The number of benzene rings is 1. The van der Waals surface area contributed by atoms with Crippen LogP contribution < -0.4 is 5.32 Å². The summed E-state index contributed by atoms with van der Waals surface area (Å²) in [6.07, 6.45) is 0. The van der Waals surface area contributed by atoms with E-state index in [1.807, 2.05) is 0 Å². The van der Waals surface area contributed by atoms with E-state index in [0.29, 0.717) is 6.04 Å². The Balaban J connectivity index is 2.08. The molecule has 0 amide bonds. The fourth-order valence-electron chi connectivity index (χ4n) is 3.15. The molecule has 0 bridgehead atoms. The molecule has 1 aromatic rings. The highest BCUT2D eigenvalue weighted by Gasteiger charge is 2.44. The second-order valence-corrected chi connectivity index (χ2v) is 4.74. The van der Waals surface area contributed by atoms with Gasteiger partial charge >= 0.3 is 0 Å². The SMILES string of the molecule is CCNC1C(C)C(c2ccccc2)C1C. The molecule has 1 aliphatic carbocycles. The van der Waals surface area contributed by atoms with Crippen LogP contribution in [0.4, 0.5) is 0 Å². The highest BCUT2D eigenvalue weighted by atomic mass is 14.9. The molecule has 0 heterocycles. The fourth-order valence-corrected chi connectivity index (χ4v) is 3.15. The van der Waals surface area contributed by atoms with Gasteiger partial charge in [-0.15, -0.1) is 0 Å². The topological polar surface area (TPSA) is 12.0 Å². The molecular formula is C14H21N. The van der Waals surface area contributed by atoms with Crippen LogP contribution in [0.25, 0.3) is 0 Å². The molecule has 2 rings (SSSR count). The molecule has 0 radical (unpaired) electrons. The molecule has 1 aliphatic rings. The zero-order valence-electron chi connectivity index (χ0n) is 9.90. The molecule has 1 N–H and O–H groups in total. The van der Waals surface area contributed by atoms with Crippen LogP contribution in [0.15, 0.2) is 30.3 Å². The highest BCUT2D eigenvalue weighted by Crippen LogP contribution is 2.47. The Morgan fingerprint density at radius 3 is 2.20 bits per heavy atom. The lowest BCUT2D eigenvalue weighted by Gasteiger charge is -2.50. The quantitative estimate of drug-likeness (QED) is 0.796. The molecule has 1 nitrogen and oxygen atoms in total. The lowest BCUT2D eigenvalue weighted by Crippen LogP contribution is -2.54. The Hall–Kier alpha value is -0.820. The van der Waals surface area contributed by atoms with E-state index in [4.69, 9.17) is 0 Å². The maximum atomic E-state index is 3.58. The second kappa shape index (κ2) is 4.36. The van der Waals surface area contributed by atoms with E-state index in [1.54, 1.807) is 0 Å². The normalized spacial score (nSPS) is 34.9. The summed E-state index contributed by atoms with van der Waals surface area (Å²) in [6, 6.07) is 11.6. The maximum absolute atomic E-state index is 3.58. The van der Waals surface area contributed by atoms with Gasteiger partial charge in [-0.2, -0.15) is 0 Å². The number of hydrogen-bond acceptors (Lipinski definition) is 1. The second-order valence-electron chi connectivity index (χ2n) is 4.74. The minimum atomic E-state index is 0.709. The van der Waals surface area contributed by atoms with Gasteiger partial charge in [-0.3, -0.25) is 0 Å². The van der Waals surface area contributed by atoms with Crippen LogP contribution in [0.3, 0.4) is 0 Å². The van der Waals surface area contributed by atoms with E-state index in [0.717, 1.165) is 24.3 Å². The standard InChI is InChI=1S/C14H21N/c1-4-15-14-10(2)13(11(14)3)12-8-6-5-7-9-12/h5-11,13-15H,4H2,1-3H3. The molecule has 0 spiro atoms. The van der Waals surface area contributed by atoms with Crippen LogP contribution >= 0.6 is 0 Å². The van der Waals surface area contributed by atoms with Gasteiger partial charge in [0, 0.05) is 6.04 Å². The van der Waals surface area contributed by atoms with E-state index in [-0.39, 0.29) is 0 Å². The summed E-state index contributed by atoms with van der Waals surface area (Å²) >= 11 is 0. The first-order chi connectivity index (χ1) is 7.25. The summed E-state index contributed by atoms with van der Waals surface area (Å²) in [5, 5.41) is 3.58. The van der Waals surface area contributed by atoms with Gasteiger partial charge in [0.05, 0.1) is 0 Å². The summed E-state index contributed by atoms with van der Waals surface area (Å²) in [7, 11) is 0. The molecule has 15 heavy (non-hydrogen) atoms. The predicted octanol–water partition coefficient (Wildman–Crippen LogP) is 3.03.